The number of rotatable bonds is 7. The number of aryl methyl sites for hydroxylation is 2. The molecule has 5 rings (SSSR count). The normalized spacial score (nSPS) is 14.8. The highest BCUT2D eigenvalue weighted by molar-refractivity contribution is 5.99. The molecule has 0 saturated heterocycles. The van der Waals surface area contributed by atoms with Gasteiger partial charge in [0.05, 0.1) is 30.7 Å². The van der Waals surface area contributed by atoms with E-state index in [-0.39, 0.29) is 17.1 Å². The molecule has 0 fully saturated rings. The van der Waals surface area contributed by atoms with Crippen LogP contribution in [0.1, 0.15) is 51.3 Å². The number of nitrogens with zero attached hydrogens (tertiary/aromatic N) is 1. The van der Waals surface area contributed by atoms with E-state index in [2.05, 4.69) is 0 Å². The van der Waals surface area contributed by atoms with Gasteiger partial charge in [-0.1, -0.05) is 30.3 Å². The molecule has 1 unspecified atom stereocenters. The van der Waals surface area contributed by atoms with Crippen LogP contribution in [0.25, 0.3) is 11.0 Å². The molecule has 6 nitrogen and oxygen atoms in total. The largest absolute Gasteiger partial charge is 0.497 e. The molecule has 184 valence electrons. The van der Waals surface area contributed by atoms with Crippen LogP contribution in [0.15, 0.2) is 69.9 Å². The fourth-order valence-electron chi connectivity index (χ4n) is 5.03. The first kappa shape index (κ1) is 23.7. The van der Waals surface area contributed by atoms with Crippen molar-refractivity contribution < 1.29 is 18.7 Å². The van der Waals surface area contributed by atoms with E-state index < -0.39 is 6.04 Å². The van der Waals surface area contributed by atoms with E-state index in [9.17, 15) is 9.59 Å². The molecule has 1 aliphatic rings. The maximum atomic E-state index is 13.9. The van der Waals surface area contributed by atoms with Crippen LogP contribution in [0.4, 0.5) is 0 Å². The number of ether oxygens (including phenoxy) is 2. The van der Waals surface area contributed by atoms with Crippen molar-refractivity contribution in [3.63, 3.8) is 0 Å². The maximum absolute atomic E-state index is 13.9. The molecule has 1 aromatic heterocycles. The predicted octanol–water partition coefficient (Wildman–Crippen LogP) is 5.61. The predicted molar refractivity (Wildman–Crippen MR) is 139 cm³/mol. The van der Waals surface area contributed by atoms with E-state index >= 15 is 0 Å². The van der Waals surface area contributed by atoms with Gasteiger partial charge in [0.25, 0.3) is 5.91 Å². The quantitative estimate of drug-likeness (QED) is 0.342. The van der Waals surface area contributed by atoms with E-state index in [1.54, 1.807) is 12.0 Å². The molecule has 0 spiro atoms. The Morgan fingerprint density at radius 3 is 2.47 bits per heavy atom. The summed E-state index contributed by atoms with van der Waals surface area (Å²) in [6, 6.07) is 18.6. The van der Waals surface area contributed by atoms with Crippen LogP contribution in [-0.4, -0.2) is 31.1 Å². The molecule has 0 aliphatic carbocycles. The summed E-state index contributed by atoms with van der Waals surface area (Å²) in [6.07, 6.45) is 0.622. The molecule has 0 radical (unpaired) electrons. The maximum Gasteiger partial charge on any atom is 0.290 e. The van der Waals surface area contributed by atoms with Crippen LogP contribution in [0, 0.1) is 13.8 Å². The van der Waals surface area contributed by atoms with Crippen LogP contribution >= 0.6 is 0 Å². The van der Waals surface area contributed by atoms with Crippen LogP contribution in [0.2, 0.25) is 0 Å². The van der Waals surface area contributed by atoms with Crippen LogP contribution < -0.4 is 14.9 Å². The average molecular weight is 484 g/mol. The molecule has 4 aromatic rings. The Morgan fingerprint density at radius 1 is 0.972 bits per heavy atom. The third-order valence-corrected chi connectivity index (χ3v) is 6.68. The van der Waals surface area contributed by atoms with Crippen molar-refractivity contribution in [2.45, 2.75) is 33.2 Å². The number of carbonyl (C=O) groups is 1. The lowest BCUT2D eigenvalue weighted by molar-refractivity contribution is 0.0729. The third-order valence-electron chi connectivity index (χ3n) is 6.68. The van der Waals surface area contributed by atoms with Gasteiger partial charge in [-0.2, -0.15) is 0 Å². The second-order valence-electron chi connectivity index (χ2n) is 9.14. The average Bonchev–Trinajstić information content (AvgIpc) is 3.16. The van der Waals surface area contributed by atoms with Crippen LogP contribution in [-0.2, 0) is 6.42 Å². The third kappa shape index (κ3) is 4.13. The van der Waals surface area contributed by atoms with Gasteiger partial charge < -0.3 is 18.8 Å². The van der Waals surface area contributed by atoms with Crippen molar-refractivity contribution in [2.24, 2.45) is 0 Å². The van der Waals surface area contributed by atoms with Gasteiger partial charge in [-0.05, 0) is 79.8 Å². The lowest BCUT2D eigenvalue weighted by Crippen LogP contribution is -2.31. The Balaban J connectivity index is 1.63. The lowest BCUT2D eigenvalue weighted by Gasteiger charge is -2.25. The zero-order chi connectivity index (χ0) is 25.4. The van der Waals surface area contributed by atoms with E-state index in [1.807, 2.05) is 81.4 Å². The first-order chi connectivity index (χ1) is 17.4. The van der Waals surface area contributed by atoms with Gasteiger partial charge in [-0.25, -0.2) is 0 Å². The monoisotopic (exact) mass is 483 g/mol. The van der Waals surface area contributed by atoms with Crippen molar-refractivity contribution in [2.75, 3.05) is 20.3 Å². The van der Waals surface area contributed by atoms with Gasteiger partial charge in [-0.15, -0.1) is 0 Å². The van der Waals surface area contributed by atoms with Crippen LogP contribution in [0.3, 0.4) is 0 Å². The van der Waals surface area contributed by atoms with Crippen molar-refractivity contribution in [1.82, 2.24) is 4.90 Å². The number of amides is 1. The number of methoxy groups -OCH3 is 1. The molecule has 36 heavy (non-hydrogen) atoms. The molecular weight excluding hydrogens is 454 g/mol. The highest BCUT2D eigenvalue weighted by Crippen LogP contribution is 2.39. The minimum atomic E-state index is -0.562. The molecule has 2 heterocycles. The smallest absolute Gasteiger partial charge is 0.290 e. The number of hydrogen-bond acceptors (Lipinski definition) is 5. The molecule has 0 saturated carbocycles. The van der Waals surface area contributed by atoms with E-state index in [1.165, 1.54) is 0 Å². The summed E-state index contributed by atoms with van der Waals surface area (Å²) in [7, 11) is 1.63. The first-order valence-electron chi connectivity index (χ1n) is 12.2. The lowest BCUT2D eigenvalue weighted by atomic mass is 9.97. The van der Waals surface area contributed by atoms with Gasteiger partial charge in [0.15, 0.2) is 5.43 Å². The fourth-order valence-corrected chi connectivity index (χ4v) is 5.03. The SMILES string of the molecule is CCOc1cccc(C2c3c(oc4c(C)cc(C)cc4c3=O)C(=O)N2CCc2ccc(OC)cc2)c1. The van der Waals surface area contributed by atoms with Crippen molar-refractivity contribution in [1.29, 1.82) is 0 Å². The Labute approximate surface area is 210 Å². The number of hydrogen-bond donors (Lipinski definition) is 0. The Bertz CT molecular complexity index is 1500. The van der Waals surface area contributed by atoms with Gasteiger partial charge in [0, 0.05) is 6.54 Å². The van der Waals surface area contributed by atoms with Crippen molar-refractivity contribution in [3.05, 3.63) is 104 Å². The summed E-state index contributed by atoms with van der Waals surface area (Å²) < 4.78 is 17.2. The van der Waals surface area contributed by atoms with Crippen LogP contribution in [0.5, 0.6) is 11.5 Å². The van der Waals surface area contributed by atoms with Crippen molar-refractivity contribution in [3.8, 4) is 11.5 Å². The van der Waals surface area contributed by atoms with E-state index in [0.29, 0.717) is 41.9 Å². The topological polar surface area (TPSA) is 69.0 Å². The molecule has 1 atom stereocenters. The second kappa shape index (κ2) is 9.53. The zero-order valence-electron chi connectivity index (χ0n) is 21.0. The Kier molecular flexibility index (Phi) is 6.27. The minimum Gasteiger partial charge on any atom is -0.497 e. The molecule has 1 amide bonds. The molecule has 0 N–H and O–H groups in total. The first-order valence-corrected chi connectivity index (χ1v) is 12.2. The molecular formula is C30H29NO5. The summed E-state index contributed by atoms with van der Waals surface area (Å²) in [6.45, 7) is 6.72. The molecule has 3 aromatic carbocycles. The molecule has 0 bridgehead atoms. The fraction of sp³-hybridized carbons (Fsp3) is 0.267. The standard InChI is InChI=1S/C30H29NO5/c1-5-35-23-8-6-7-21(17-23)26-25-27(32)24-16-18(2)15-19(3)28(24)36-29(25)30(33)31(26)14-13-20-9-11-22(34-4)12-10-20/h6-12,15-17,26H,5,13-14H2,1-4H3. The highest BCUT2D eigenvalue weighted by atomic mass is 16.5. The Morgan fingerprint density at radius 2 is 1.75 bits per heavy atom. The van der Waals surface area contributed by atoms with Gasteiger partial charge in [0.1, 0.15) is 17.1 Å². The zero-order valence-corrected chi connectivity index (χ0v) is 21.0. The summed E-state index contributed by atoms with van der Waals surface area (Å²) in [4.78, 5) is 29.3. The molecule has 1 aliphatic heterocycles. The second-order valence-corrected chi connectivity index (χ2v) is 9.14. The van der Waals surface area contributed by atoms with E-state index in [4.69, 9.17) is 13.9 Å². The number of fused-ring (bicyclic) bond motifs is 2. The van der Waals surface area contributed by atoms with E-state index in [0.717, 1.165) is 28.0 Å². The van der Waals surface area contributed by atoms with Gasteiger partial charge in [0.2, 0.25) is 5.76 Å². The summed E-state index contributed by atoms with van der Waals surface area (Å²) >= 11 is 0. The van der Waals surface area contributed by atoms with Gasteiger partial charge in [-0.3, -0.25) is 9.59 Å². The Hall–Kier alpha value is -4.06. The molecule has 6 heteroatoms. The number of benzene rings is 3. The minimum absolute atomic E-state index is 0.126. The summed E-state index contributed by atoms with van der Waals surface area (Å²) in [5, 5.41) is 0.502. The van der Waals surface area contributed by atoms with Gasteiger partial charge >= 0.3 is 0 Å². The highest BCUT2D eigenvalue weighted by Gasteiger charge is 2.42. The number of carbonyl (C=O) groups excluding carboxylic acids is 1. The summed E-state index contributed by atoms with van der Waals surface area (Å²) in [5.74, 6) is 1.33. The van der Waals surface area contributed by atoms with Crippen molar-refractivity contribution >= 4 is 16.9 Å². The summed E-state index contributed by atoms with van der Waals surface area (Å²) in [5.41, 5.74) is 4.39.